The maximum atomic E-state index is 12.8. The Balaban J connectivity index is 1.83. The monoisotopic (exact) mass is 314 g/mol. The molecule has 2 atom stereocenters. The topological polar surface area (TPSA) is 49.4 Å². The van der Waals surface area contributed by atoms with Crippen molar-refractivity contribution < 1.29 is 8.42 Å². The molecule has 1 saturated carbocycles. The maximum absolute atomic E-state index is 12.8. The van der Waals surface area contributed by atoms with Gasteiger partial charge in [-0.05, 0) is 49.2 Å². The third-order valence-electron chi connectivity index (χ3n) is 4.53. The molecule has 0 radical (unpaired) electrons. The molecule has 4 nitrogen and oxygen atoms in total. The number of nitrogens with one attached hydrogen (secondary N) is 1. The zero-order valence-electron chi connectivity index (χ0n) is 11.8. The Morgan fingerprint density at radius 1 is 1.35 bits per heavy atom. The number of nitrogens with zero attached hydrogens (tertiary/aromatic N) is 1. The van der Waals surface area contributed by atoms with Gasteiger partial charge in [0.2, 0.25) is 0 Å². The van der Waals surface area contributed by atoms with E-state index in [1.165, 1.54) is 30.6 Å². The highest BCUT2D eigenvalue weighted by Crippen LogP contribution is 2.39. The van der Waals surface area contributed by atoms with Crippen LogP contribution in [0.3, 0.4) is 0 Å². The van der Waals surface area contributed by atoms with Gasteiger partial charge in [0.1, 0.15) is 4.21 Å². The van der Waals surface area contributed by atoms with Crippen molar-refractivity contribution in [3.63, 3.8) is 0 Å². The second-order valence-corrected chi connectivity index (χ2v) is 8.85. The molecule has 2 aliphatic rings. The Hall–Kier alpha value is -0.430. The molecule has 1 aliphatic carbocycles. The van der Waals surface area contributed by atoms with Crippen molar-refractivity contribution in [2.45, 2.75) is 48.9 Å². The average Bonchev–Trinajstić information content (AvgIpc) is 3.05. The summed E-state index contributed by atoms with van der Waals surface area (Å²) >= 11 is 1.35. The SMILES string of the molecule is CNCc1csc(S(=O)(=O)N2CCC3CCCCC32)c1. The number of rotatable bonds is 4. The van der Waals surface area contributed by atoms with Gasteiger partial charge in [0.25, 0.3) is 10.0 Å². The van der Waals surface area contributed by atoms with E-state index in [9.17, 15) is 8.42 Å². The zero-order chi connectivity index (χ0) is 14.2. The van der Waals surface area contributed by atoms with E-state index in [2.05, 4.69) is 5.32 Å². The predicted octanol–water partition coefficient (Wildman–Crippen LogP) is 2.42. The summed E-state index contributed by atoms with van der Waals surface area (Å²) in [5, 5.41) is 5.00. The van der Waals surface area contributed by atoms with Gasteiger partial charge in [-0.25, -0.2) is 8.42 Å². The Morgan fingerprint density at radius 3 is 2.95 bits per heavy atom. The molecule has 3 rings (SSSR count). The van der Waals surface area contributed by atoms with Gasteiger partial charge in [-0.1, -0.05) is 12.8 Å². The van der Waals surface area contributed by atoms with Crippen LogP contribution in [0.1, 0.15) is 37.7 Å². The lowest BCUT2D eigenvalue weighted by molar-refractivity contribution is 0.260. The van der Waals surface area contributed by atoms with Gasteiger partial charge in [-0.15, -0.1) is 11.3 Å². The lowest BCUT2D eigenvalue weighted by atomic mass is 9.86. The molecule has 0 bridgehead atoms. The Morgan fingerprint density at radius 2 is 2.15 bits per heavy atom. The normalized spacial score (nSPS) is 27.6. The van der Waals surface area contributed by atoms with Gasteiger partial charge in [-0.2, -0.15) is 4.31 Å². The molecule has 1 aromatic rings. The largest absolute Gasteiger partial charge is 0.316 e. The number of sulfonamides is 1. The molecule has 112 valence electrons. The van der Waals surface area contributed by atoms with E-state index >= 15 is 0 Å². The molecule has 6 heteroatoms. The molecule has 1 aliphatic heterocycles. The first-order valence-electron chi connectivity index (χ1n) is 7.37. The van der Waals surface area contributed by atoms with E-state index in [0.717, 1.165) is 24.9 Å². The van der Waals surface area contributed by atoms with E-state index in [0.29, 0.717) is 16.7 Å². The molecular formula is C14H22N2O2S2. The molecule has 2 unspecified atom stereocenters. The number of fused-ring (bicyclic) bond motifs is 1. The average molecular weight is 314 g/mol. The van der Waals surface area contributed by atoms with Crippen molar-refractivity contribution in [1.82, 2.24) is 9.62 Å². The van der Waals surface area contributed by atoms with Crippen LogP contribution in [0.15, 0.2) is 15.7 Å². The van der Waals surface area contributed by atoms with Crippen LogP contribution in [0.5, 0.6) is 0 Å². The van der Waals surface area contributed by atoms with Crippen LogP contribution < -0.4 is 5.32 Å². The van der Waals surface area contributed by atoms with Crippen molar-refractivity contribution >= 4 is 21.4 Å². The van der Waals surface area contributed by atoms with Crippen LogP contribution in [0.4, 0.5) is 0 Å². The van der Waals surface area contributed by atoms with Gasteiger partial charge in [0, 0.05) is 19.1 Å². The summed E-state index contributed by atoms with van der Waals surface area (Å²) in [6.45, 7) is 1.43. The van der Waals surface area contributed by atoms with Gasteiger partial charge >= 0.3 is 0 Å². The molecule has 2 heterocycles. The Labute approximate surface area is 125 Å². The molecule has 20 heavy (non-hydrogen) atoms. The first-order chi connectivity index (χ1) is 9.63. The van der Waals surface area contributed by atoms with Crippen LogP contribution in [-0.2, 0) is 16.6 Å². The highest BCUT2D eigenvalue weighted by atomic mass is 32.2. The highest BCUT2D eigenvalue weighted by Gasteiger charge is 2.42. The van der Waals surface area contributed by atoms with Gasteiger partial charge < -0.3 is 5.32 Å². The van der Waals surface area contributed by atoms with Crippen molar-refractivity contribution in [3.8, 4) is 0 Å². The van der Waals surface area contributed by atoms with Gasteiger partial charge in [0.05, 0.1) is 0 Å². The maximum Gasteiger partial charge on any atom is 0.252 e. The summed E-state index contributed by atoms with van der Waals surface area (Å²) in [5.74, 6) is 0.593. The molecule has 1 aromatic heterocycles. The van der Waals surface area contributed by atoms with E-state index in [4.69, 9.17) is 0 Å². The number of thiophene rings is 1. The van der Waals surface area contributed by atoms with E-state index < -0.39 is 10.0 Å². The second-order valence-electron chi connectivity index (χ2n) is 5.82. The molecule has 0 amide bonds. The molecular weight excluding hydrogens is 292 g/mol. The molecule has 1 saturated heterocycles. The third-order valence-corrected chi connectivity index (χ3v) is 7.92. The van der Waals surface area contributed by atoms with Crippen LogP contribution >= 0.6 is 11.3 Å². The zero-order valence-corrected chi connectivity index (χ0v) is 13.5. The summed E-state index contributed by atoms with van der Waals surface area (Å²) < 4.78 is 27.9. The summed E-state index contributed by atoms with van der Waals surface area (Å²) in [4.78, 5) is 0. The van der Waals surface area contributed by atoms with E-state index in [1.807, 2.05) is 18.5 Å². The van der Waals surface area contributed by atoms with Crippen LogP contribution in [0.2, 0.25) is 0 Å². The number of hydrogen-bond donors (Lipinski definition) is 1. The standard InChI is InChI=1S/C14H22N2O2S2/c1-15-9-11-8-14(19-10-11)20(17,18)16-7-6-12-4-2-3-5-13(12)16/h8,10,12-13,15H,2-7,9H2,1H3. The summed E-state index contributed by atoms with van der Waals surface area (Å²) in [6.07, 6.45) is 5.71. The van der Waals surface area contributed by atoms with Crippen molar-refractivity contribution in [2.24, 2.45) is 5.92 Å². The molecule has 0 spiro atoms. The van der Waals surface area contributed by atoms with Crippen molar-refractivity contribution in [2.75, 3.05) is 13.6 Å². The molecule has 1 N–H and O–H groups in total. The fourth-order valence-corrected chi connectivity index (χ4v) is 6.63. The number of hydrogen-bond acceptors (Lipinski definition) is 4. The van der Waals surface area contributed by atoms with Crippen molar-refractivity contribution in [3.05, 3.63) is 17.0 Å². The van der Waals surface area contributed by atoms with Crippen molar-refractivity contribution in [1.29, 1.82) is 0 Å². The minimum Gasteiger partial charge on any atom is -0.316 e. The van der Waals surface area contributed by atoms with E-state index in [-0.39, 0.29) is 6.04 Å². The lowest BCUT2D eigenvalue weighted by Gasteiger charge is -2.30. The highest BCUT2D eigenvalue weighted by molar-refractivity contribution is 7.91. The quantitative estimate of drug-likeness (QED) is 0.928. The van der Waals surface area contributed by atoms with Gasteiger partial charge in [-0.3, -0.25) is 0 Å². The molecule has 0 aromatic carbocycles. The van der Waals surface area contributed by atoms with Gasteiger partial charge in [0.15, 0.2) is 0 Å². The summed E-state index contributed by atoms with van der Waals surface area (Å²) in [7, 11) is -1.41. The van der Waals surface area contributed by atoms with Crippen LogP contribution in [-0.4, -0.2) is 32.4 Å². The van der Waals surface area contributed by atoms with Crippen LogP contribution in [0, 0.1) is 5.92 Å². The first-order valence-corrected chi connectivity index (χ1v) is 9.69. The lowest BCUT2D eigenvalue weighted by Crippen LogP contribution is -2.38. The fourth-order valence-electron chi connectivity index (χ4n) is 3.56. The second kappa shape index (κ2) is 5.75. The smallest absolute Gasteiger partial charge is 0.252 e. The third kappa shape index (κ3) is 2.54. The van der Waals surface area contributed by atoms with Crippen LogP contribution in [0.25, 0.3) is 0 Å². The summed E-state index contributed by atoms with van der Waals surface area (Å²) in [5.41, 5.74) is 1.05. The minimum absolute atomic E-state index is 0.253. The Kier molecular flexibility index (Phi) is 4.17. The first kappa shape index (κ1) is 14.5. The predicted molar refractivity (Wildman–Crippen MR) is 81.3 cm³/mol. The summed E-state index contributed by atoms with van der Waals surface area (Å²) in [6, 6.07) is 2.08. The van der Waals surface area contributed by atoms with E-state index in [1.54, 1.807) is 4.31 Å². The Bertz CT molecular complexity index is 567. The molecule has 2 fully saturated rings. The minimum atomic E-state index is -3.28. The fraction of sp³-hybridized carbons (Fsp3) is 0.714.